The van der Waals surface area contributed by atoms with Gasteiger partial charge in [0.2, 0.25) is 0 Å². The van der Waals surface area contributed by atoms with E-state index in [1.807, 2.05) is 56.1 Å². The lowest BCUT2D eigenvalue weighted by Crippen LogP contribution is -3.15. The fourth-order valence-corrected chi connectivity index (χ4v) is 2.90. The van der Waals surface area contributed by atoms with Gasteiger partial charge in [0, 0.05) is 23.8 Å². The number of hydrogen-bond acceptors (Lipinski definition) is 2. The first-order chi connectivity index (χ1) is 12.9. The molecule has 2 N–H and O–H groups in total. The normalized spacial score (nSPS) is 12.9. The summed E-state index contributed by atoms with van der Waals surface area (Å²) in [6.07, 6.45) is 0. The molecular weight excluding hydrogens is 362 g/mol. The lowest BCUT2D eigenvalue weighted by Gasteiger charge is -2.27. The van der Waals surface area contributed by atoms with E-state index in [0.717, 1.165) is 10.5 Å². The number of anilines is 1. The molecule has 0 aliphatic rings. The van der Waals surface area contributed by atoms with Crippen LogP contribution in [0.25, 0.3) is 0 Å². The molecule has 0 saturated heterocycles. The van der Waals surface area contributed by atoms with E-state index in [-0.39, 0.29) is 24.4 Å². The highest BCUT2D eigenvalue weighted by Gasteiger charge is 2.27. The average molecular weight is 389 g/mol. The molecule has 0 bridgehead atoms. The fourth-order valence-electron chi connectivity index (χ4n) is 2.78. The van der Waals surface area contributed by atoms with Gasteiger partial charge in [-0.2, -0.15) is 0 Å². The van der Waals surface area contributed by atoms with Gasteiger partial charge < -0.3 is 15.1 Å². The van der Waals surface area contributed by atoms with Crippen LogP contribution in [0.2, 0.25) is 5.02 Å². The Hall–Kier alpha value is -2.37. The molecule has 0 radical (unpaired) electrons. The van der Waals surface area contributed by atoms with Crippen molar-refractivity contribution >= 4 is 29.1 Å². The van der Waals surface area contributed by atoms with Gasteiger partial charge in [-0.15, -0.1) is 0 Å². The van der Waals surface area contributed by atoms with E-state index in [1.165, 1.54) is 0 Å². The minimum absolute atomic E-state index is 0.0399. The number of nitrogens with zero attached hydrogens (tertiary/aromatic N) is 1. The molecule has 2 amide bonds. The first-order valence-corrected chi connectivity index (χ1v) is 9.49. The lowest BCUT2D eigenvalue weighted by molar-refractivity contribution is -0.886. The molecule has 2 atom stereocenters. The third kappa shape index (κ3) is 6.38. The van der Waals surface area contributed by atoms with Crippen LogP contribution in [0.1, 0.15) is 19.4 Å². The summed E-state index contributed by atoms with van der Waals surface area (Å²) in [5, 5.41) is 3.45. The second-order valence-electron chi connectivity index (χ2n) is 6.64. The van der Waals surface area contributed by atoms with Gasteiger partial charge in [-0.05, 0) is 43.7 Å². The van der Waals surface area contributed by atoms with Crippen molar-refractivity contribution < 1.29 is 14.5 Å². The van der Waals surface area contributed by atoms with Gasteiger partial charge in [-0.3, -0.25) is 9.59 Å². The molecule has 0 aliphatic heterocycles. The molecule has 144 valence electrons. The van der Waals surface area contributed by atoms with Crippen LogP contribution in [0, 0.1) is 0 Å². The summed E-state index contributed by atoms with van der Waals surface area (Å²) in [6.45, 7) is 5.24. The number of amides is 2. The molecule has 1 unspecified atom stereocenters. The van der Waals surface area contributed by atoms with Crippen molar-refractivity contribution in [3.8, 4) is 0 Å². The van der Waals surface area contributed by atoms with E-state index in [1.54, 1.807) is 24.3 Å². The van der Waals surface area contributed by atoms with Crippen molar-refractivity contribution in [3.05, 3.63) is 65.2 Å². The van der Waals surface area contributed by atoms with E-state index >= 15 is 0 Å². The number of hydrogen-bond donors (Lipinski definition) is 2. The topological polar surface area (TPSA) is 53.9 Å². The van der Waals surface area contributed by atoms with Gasteiger partial charge in [0.1, 0.15) is 0 Å². The van der Waals surface area contributed by atoms with E-state index in [0.29, 0.717) is 23.8 Å². The van der Waals surface area contributed by atoms with E-state index < -0.39 is 0 Å². The van der Waals surface area contributed by atoms with Crippen LogP contribution in [0.3, 0.4) is 0 Å². The number of quaternary nitrogens is 1. The summed E-state index contributed by atoms with van der Waals surface area (Å²) in [5.74, 6) is -0.0984. The smallest absolute Gasteiger partial charge is 0.280 e. The largest absolute Gasteiger partial charge is 0.334 e. The number of rotatable bonds is 8. The van der Waals surface area contributed by atoms with E-state index in [4.69, 9.17) is 11.6 Å². The molecular formula is C21H27ClN3O2+. The molecule has 6 heteroatoms. The quantitative estimate of drug-likeness (QED) is 0.728. The molecule has 0 saturated carbocycles. The summed E-state index contributed by atoms with van der Waals surface area (Å²) in [6, 6.07) is 16.6. The molecule has 5 nitrogen and oxygen atoms in total. The Kier molecular flexibility index (Phi) is 7.82. The molecule has 2 aromatic carbocycles. The zero-order valence-electron chi connectivity index (χ0n) is 16.0. The highest BCUT2D eigenvalue weighted by atomic mass is 35.5. The zero-order valence-corrected chi connectivity index (χ0v) is 16.8. The van der Waals surface area contributed by atoms with Crippen molar-refractivity contribution in [2.45, 2.75) is 26.4 Å². The number of likely N-dealkylation sites (N-methyl/N-ethyl adjacent to an activating group) is 2. The Balaban J connectivity index is 1.91. The van der Waals surface area contributed by atoms with Crippen LogP contribution in [-0.4, -0.2) is 42.9 Å². The van der Waals surface area contributed by atoms with E-state index in [9.17, 15) is 9.59 Å². The first-order valence-electron chi connectivity index (χ1n) is 9.11. The third-order valence-electron chi connectivity index (χ3n) is 4.59. The number of carbonyl (C=O) groups is 2. The van der Waals surface area contributed by atoms with Gasteiger partial charge in [0.25, 0.3) is 11.8 Å². The van der Waals surface area contributed by atoms with Crippen molar-refractivity contribution in [3.63, 3.8) is 0 Å². The minimum Gasteiger partial charge on any atom is -0.334 e. The summed E-state index contributed by atoms with van der Waals surface area (Å²) < 4.78 is 0. The van der Waals surface area contributed by atoms with Gasteiger partial charge in [-0.25, -0.2) is 0 Å². The van der Waals surface area contributed by atoms with Crippen molar-refractivity contribution in [2.24, 2.45) is 0 Å². The summed E-state index contributed by atoms with van der Waals surface area (Å²) in [4.78, 5) is 27.8. The average Bonchev–Trinajstić information content (AvgIpc) is 2.67. The summed E-state index contributed by atoms with van der Waals surface area (Å²) in [5.41, 5.74) is 1.79. The Morgan fingerprint density at radius 2 is 1.74 bits per heavy atom. The molecule has 0 aromatic heterocycles. The third-order valence-corrected chi connectivity index (χ3v) is 4.84. The van der Waals surface area contributed by atoms with E-state index in [2.05, 4.69) is 5.32 Å². The predicted octanol–water partition coefficient (Wildman–Crippen LogP) is 2.23. The van der Waals surface area contributed by atoms with Crippen LogP contribution in [0.5, 0.6) is 0 Å². The highest BCUT2D eigenvalue weighted by molar-refractivity contribution is 6.30. The summed E-state index contributed by atoms with van der Waals surface area (Å²) in [7, 11) is 1.86. The highest BCUT2D eigenvalue weighted by Crippen LogP contribution is 2.13. The van der Waals surface area contributed by atoms with Crippen molar-refractivity contribution in [1.29, 1.82) is 0 Å². The lowest BCUT2D eigenvalue weighted by atomic mass is 10.2. The Labute approximate surface area is 165 Å². The van der Waals surface area contributed by atoms with Gasteiger partial charge in [-0.1, -0.05) is 41.9 Å². The molecule has 27 heavy (non-hydrogen) atoms. The van der Waals surface area contributed by atoms with Crippen LogP contribution in [0.4, 0.5) is 5.69 Å². The molecule has 0 fully saturated rings. The molecule has 2 aromatic rings. The van der Waals surface area contributed by atoms with Crippen LogP contribution >= 0.6 is 11.6 Å². The van der Waals surface area contributed by atoms with Gasteiger partial charge >= 0.3 is 0 Å². The SMILES string of the molecule is CCN(Cc1ccccc1)C(=O)[C@H](C)[NH+](C)CC(=O)Nc1ccc(Cl)cc1. The number of halogens is 1. The Morgan fingerprint density at radius 3 is 2.33 bits per heavy atom. The first kappa shape index (κ1) is 20.9. The molecule has 0 heterocycles. The fraction of sp³-hybridized carbons (Fsp3) is 0.333. The van der Waals surface area contributed by atoms with Crippen LogP contribution in [-0.2, 0) is 16.1 Å². The van der Waals surface area contributed by atoms with Gasteiger partial charge in [0.05, 0.1) is 7.05 Å². The van der Waals surface area contributed by atoms with Crippen molar-refractivity contribution in [1.82, 2.24) is 4.90 Å². The maximum atomic E-state index is 12.9. The van der Waals surface area contributed by atoms with Gasteiger partial charge in [0.15, 0.2) is 12.6 Å². The molecule has 2 rings (SSSR count). The maximum Gasteiger partial charge on any atom is 0.280 e. The standard InChI is InChI=1S/C21H26ClN3O2/c1-4-25(14-17-8-6-5-7-9-17)21(27)16(2)24(3)15-20(26)23-19-12-10-18(22)11-13-19/h5-13,16H,4,14-15H2,1-3H3,(H,23,26)/p+1/t16-/m0/s1. The Morgan fingerprint density at radius 1 is 1.11 bits per heavy atom. The maximum absolute atomic E-state index is 12.9. The second-order valence-corrected chi connectivity index (χ2v) is 7.07. The monoisotopic (exact) mass is 388 g/mol. The minimum atomic E-state index is -0.315. The molecule has 0 spiro atoms. The zero-order chi connectivity index (χ0) is 19.8. The number of carbonyl (C=O) groups excluding carboxylic acids is 2. The summed E-state index contributed by atoms with van der Waals surface area (Å²) >= 11 is 5.85. The molecule has 0 aliphatic carbocycles. The predicted molar refractivity (Wildman–Crippen MR) is 109 cm³/mol. The van der Waals surface area contributed by atoms with Crippen LogP contribution in [0.15, 0.2) is 54.6 Å². The van der Waals surface area contributed by atoms with Crippen LogP contribution < -0.4 is 10.2 Å². The Bertz CT molecular complexity index is 750. The second kappa shape index (κ2) is 10.1. The van der Waals surface area contributed by atoms with Crippen molar-refractivity contribution in [2.75, 3.05) is 25.5 Å². The number of nitrogens with one attached hydrogen (secondary N) is 2. The number of benzene rings is 2.